The highest BCUT2D eigenvalue weighted by atomic mass is 127. The fourth-order valence-corrected chi connectivity index (χ4v) is 2.53. The van der Waals surface area contributed by atoms with Gasteiger partial charge in [-0.15, -0.1) is 11.8 Å². The lowest BCUT2D eigenvalue weighted by Gasteiger charge is -2.39. The fourth-order valence-electron chi connectivity index (χ4n) is 0.890. The Kier molecular flexibility index (Phi) is 6.14. The quantitative estimate of drug-likeness (QED) is 0.333. The van der Waals surface area contributed by atoms with Crippen molar-refractivity contribution in [1.29, 1.82) is 0 Å². The van der Waals surface area contributed by atoms with Crippen LogP contribution in [0.3, 0.4) is 0 Å². The summed E-state index contributed by atoms with van der Waals surface area (Å²) in [7, 11) is 8.48. The van der Waals surface area contributed by atoms with Crippen LogP contribution in [0, 0.1) is 0 Å². The highest BCUT2D eigenvalue weighted by Gasteiger charge is 2.31. The van der Waals surface area contributed by atoms with Gasteiger partial charge in [-0.1, -0.05) is 6.92 Å². The number of alkyl halides is 1. The standard InChI is InChI=1S/C8H19IN2S/c1-6-7-12-8(9,10(2)3)11(4)5/h6-7H2,1-5H3. The van der Waals surface area contributed by atoms with E-state index in [0.717, 1.165) is 0 Å². The van der Waals surface area contributed by atoms with Gasteiger partial charge in [-0.05, 0) is 63.0 Å². The van der Waals surface area contributed by atoms with Crippen LogP contribution in [-0.4, -0.2) is 46.7 Å². The Morgan fingerprint density at radius 1 is 1.17 bits per heavy atom. The molecule has 0 aromatic heterocycles. The highest BCUT2D eigenvalue weighted by molar-refractivity contribution is 14.1. The highest BCUT2D eigenvalue weighted by Crippen LogP contribution is 2.36. The number of hydrogen-bond donors (Lipinski definition) is 0. The maximum Gasteiger partial charge on any atom is 0.174 e. The summed E-state index contributed by atoms with van der Waals surface area (Å²) in [6.45, 7) is 2.22. The number of nitrogens with zero attached hydrogens (tertiary/aromatic N) is 2. The van der Waals surface area contributed by atoms with Crippen LogP contribution >= 0.6 is 34.4 Å². The van der Waals surface area contributed by atoms with Crippen LogP contribution in [0.1, 0.15) is 13.3 Å². The Bertz CT molecular complexity index is 120. The molecule has 0 aromatic carbocycles. The van der Waals surface area contributed by atoms with E-state index in [1.54, 1.807) is 0 Å². The predicted octanol–water partition coefficient (Wildman–Crippen LogP) is 2.30. The van der Waals surface area contributed by atoms with Crippen molar-refractivity contribution in [3.8, 4) is 0 Å². The van der Waals surface area contributed by atoms with Crippen molar-refractivity contribution in [3.63, 3.8) is 0 Å². The molecule has 12 heavy (non-hydrogen) atoms. The first kappa shape index (κ1) is 13.0. The van der Waals surface area contributed by atoms with Crippen LogP contribution in [0.25, 0.3) is 0 Å². The van der Waals surface area contributed by atoms with Crippen molar-refractivity contribution < 1.29 is 0 Å². The maximum atomic E-state index is 2.49. The van der Waals surface area contributed by atoms with E-state index in [0.29, 0.717) is 0 Å². The summed E-state index contributed by atoms with van der Waals surface area (Å²) in [5.74, 6) is 1.21. The smallest absolute Gasteiger partial charge is 0.174 e. The minimum Gasteiger partial charge on any atom is -0.275 e. The van der Waals surface area contributed by atoms with Gasteiger partial charge in [0.25, 0.3) is 0 Å². The van der Waals surface area contributed by atoms with E-state index < -0.39 is 0 Å². The molecule has 0 fully saturated rings. The van der Waals surface area contributed by atoms with Crippen molar-refractivity contribution in [2.24, 2.45) is 0 Å². The summed E-state index contributed by atoms with van der Waals surface area (Å²) in [6.07, 6.45) is 1.23. The first-order valence-electron chi connectivity index (χ1n) is 4.12. The van der Waals surface area contributed by atoms with E-state index in [9.17, 15) is 0 Å². The number of thioether (sulfide) groups is 1. The first-order valence-corrected chi connectivity index (χ1v) is 6.19. The molecule has 0 aliphatic heterocycles. The third-order valence-corrected chi connectivity index (χ3v) is 6.17. The zero-order valence-corrected chi connectivity index (χ0v) is 11.6. The van der Waals surface area contributed by atoms with Gasteiger partial charge in [-0.3, -0.25) is 9.80 Å². The summed E-state index contributed by atoms with van der Waals surface area (Å²) in [5, 5.41) is 0. The molecule has 0 saturated carbocycles. The minimum absolute atomic E-state index is 0.105. The third kappa shape index (κ3) is 3.40. The molecule has 0 aliphatic rings. The molecule has 0 N–H and O–H groups in total. The van der Waals surface area contributed by atoms with Gasteiger partial charge in [0.15, 0.2) is 3.00 Å². The molecule has 0 rings (SSSR count). The summed E-state index contributed by atoms with van der Waals surface area (Å²) < 4.78 is 0.105. The van der Waals surface area contributed by atoms with Crippen LogP contribution in [0.5, 0.6) is 0 Å². The zero-order valence-electron chi connectivity index (χ0n) is 8.59. The van der Waals surface area contributed by atoms with E-state index in [-0.39, 0.29) is 3.00 Å². The van der Waals surface area contributed by atoms with Crippen LogP contribution in [-0.2, 0) is 0 Å². The summed E-state index contributed by atoms with van der Waals surface area (Å²) >= 11 is 4.47. The molecule has 0 spiro atoms. The summed E-state index contributed by atoms with van der Waals surface area (Å²) in [6, 6.07) is 0. The lowest BCUT2D eigenvalue weighted by molar-refractivity contribution is 0.196. The predicted molar refractivity (Wildman–Crippen MR) is 66.9 cm³/mol. The van der Waals surface area contributed by atoms with E-state index in [1.807, 2.05) is 11.8 Å². The average molecular weight is 302 g/mol. The SMILES string of the molecule is CCCSC(I)(N(C)C)N(C)C. The van der Waals surface area contributed by atoms with Gasteiger partial charge in [-0.25, -0.2) is 0 Å². The number of halogens is 1. The molecule has 0 amide bonds. The maximum absolute atomic E-state index is 2.49. The largest absolute Gasteiger partial charge is 0.275 e. The molecular formula is C8H19IN2S. The van der Waals surface area contributed by atoms with Crippen molar-refractivity contribution in [2.75, 3.05) is 33.9 Å². The molecule has 0 unspecified atom stereocenters. The lowest BCUT2D eigenvalue weighted by atomic mass is 10.6. The monoisotopic (exact) mass is 302 g/mol. The summed E-state index contributed by atoms with van der Waals surface area (Å²) in [5.41, 5.74) is 0. The van der Waals surface area contributed by atoms with Gasteiger partial charge in [-0.2, -0.15) is 0 Å². The van der Waals surface area contributed by atoms with Crippen LogP contribution in [0.2, 0.25) is 0 Å². The minimum atomic E-state index is 0.105. The van der Waals surface area contributed by atoms with Crippen LogP contribution in [0.4, 0.5) is 0 Å². The molecule has 0 saturated heterocycles. The molecule has 0 atom stereocenters. The normalized spacial score (nSPS) is 13.0. The third-order valence-electron chi connectivity index (χ3n) is 1.59. The van der Waals surface area contributed by atoms with Crippen LogP contribution in [0.15, 0.2) is 0 Å². The first-order chi connectivity index (χ1) is 5.45. The fraction of sp³-hybridized carbons (Fsp3) is 1.00. The molecular weight excluding hydrogens is 283 g/mol. The number of hydrogen-bond acceptors (Lipinski definition) is 3. The Morgan fingerprint density at radius 2 is 1.58 bits per heavy atom. The Morgan fingerprint density at radius 3 is 1.83 bits per heavy atom. The molecule has 0 aromatic rings. The van der Waals surface area contributed by atoms with Crippen molar-refractivity contribution in [3.05, 3.63) is 0 Å². The van der Waals surface area contributed by atoms with Gasteiger partial charge >= 0.3 is 0 Å². The average Bonchev–Trinajstić information content (AvgIpc) is 1.99. The number of rotatable bonds is 5. The van der Waals surface area contributed by atoms with Crippen molar-refractivity contribution in [1.82, 2.24) is 9.80 Å². The molecule has 74 valence electrons. The topological polar surface area (TPSA) is 6.48 Å². The van der Waals surface area contributed by atoms with E-state index in [4.69, 9.17) is 0 Å². The van der Waals surface area contributed by atoms with Crippen molar-refractivity contribution in [2.45, 2.75) is 16.3 Å². The molecule has 0 aliphatic carbocycles. The zero-order chi connectivity index (χ0) is 9.78. The second-order valence-corrected chi connectivity index (χ2v) is 6.67. The van der Waals surface area contributed by atoms with Gasteiger partial charge in [0.2, 0.25) is 0 Å². The van der Waals surface area contributed by atoms with E-state index in [1.165, 1.54) is 12.2 Å². The lowest BCUT2D eigenvalue weighted by Crippen LogP contribution is -2.47. The molecule has 0 heterocycles. The Hall–Kier alpha value is 1.00. The van der Waals surface area contributed by atoms with Crippen molar-refractivity contribution >= 4 is 34.4 Å². The van der Waals surface area contributed by atoms with Gasteiger partial charge in [0.05, 0.1) is 0 Å². The second-order valence-electron chi connectivity index (χ2n) is 3.17. The van der Waals surface area contributed by atoms with Gasteiger partial charge in [0.1, 0.15) is 0 Å². The van der Waals surface area contributed by atoms with E-state index in [2.05, 4.69) is 67.5 Å². The van der Waals surface area contributed by atoms with Crippen LogP contribution < -0.4 is 0 Å². The Balaban J connectivity index is 4.19. The van der Waals surface area contributed by atoms with Gasteiger partial charge in [0, 0.05) is 0 Å². The Labute approximate surface area is 94.2 Å². The van der Waals surface area contributed by atoms with E-state index >= 15 is 0 Å². The molecule has 2 nitrogen and oxygen atoms in total. The second kappa shape index (κ2) is 5.67. The van der Waals surface area contributed by atoms with Gasteiger partial charge < -0.3 is 0 Å². The molecule has 0 bridgehead atoms. The molecule has 0 radical (unpaired) electrons. The summed E-state index contributed by atoms with van der Waals surface area (Å²) in [4.78, 5) is 4.49. The molecule has 4 heteroatoms.